The Hall–Kier alpha value is -0.810. The first kappa shape index (κ1) is 12.6. The molecule has 0 fully saturated rings. The molecule has 0 N–H and O–H groups in total. The van der Waals surface area contributed by atoms with Crippen LogP contribution in [0.3, 0.4) is 0 Å². The van der Waals surface area contributed by atoms with Crippen LogP contribution in [0.2, 0.25) is 0 Å². The number of benzene rings is 2. The molecular formula is C12H4Br2F3. The standard InChI is InChI=1S/C12H4Br2F3/c13-6-4-9(16)12(10(17)5-6)11-7(14)2-1-3-8(11)15/h1,3-5H. The van der Waals surface area contributed by atoms with Gasteiger partial charge >= 0.3 is 0 Å². The van der Waals surface area contributed by atoms with E-state index in [9.17, 15) is 13.2 Å². The summed E-state index contributed by atoms with van der Waals surface area (Å²) in [6.07, 6.45) is 0. The lowest BCUT2D eigenvalue weighted by atomic mass is 10.0. The Balaban J connectivity index is 2.77. The summed E-state index contributed by atoms with van der Waals surface area (Å²) in [6, 6.07) is 7.23. The third kappa shape index (κ3) is 2.40. The van der Waals surface area contributed by atoms with E-state index >= 15 is 0 Å². The lowest BCUT2D eigenvalue weighted by molar-refractivity contribution is 0.580. The van der Waals surface area contributed by atoms with Crippen LogP contribution in [0, 0.1) is 23.5 Å². The van der Waals surface area contributed by atoms with Crippen molar-refractivity contribution >= 4 is 31.9 Å². The highest BCUT2D eigenvalue weighted by Gasteiger charge is 2.18. The molecule has 0 aliphatic heterocycles. The Morgan fingerprint density at radius 2 is 1.47 bits per heavy atom. The van der Waals surface area contributed by atoms with E-state index in [1.807, 2.05) is 0 Å². The van der Waals surface area contributed by atoms with E-state index in [0.717, 1.165) is 18.2 Å². The summed E-state index contributed by atoms with van der Waals surface area (Å²) in [6.45, 7) is 0. The molecule has 0 aromatic heterocycles. The minimum absolute atomic E-state index is 0.171. The first-order chi connectivity index (χ1) is 8.00. The van der Waals surface area contributed by atoms with Crippen molar-refractivity contribution in [3.05, 3.63) is 56.7 Å². The maximum Gasteiger partial charge on any atom is 0.135 e. The SMILES string of the molecule is Fc1cc[c]c(Br)c1-c1c(F)cc(Br)cc1F. The Labute approximate surface area is 113 Å². The molecule has 0 aliphatic carbocycles. The average Bonchev–Trinajstić information content (AvgIpc) is 2.21. The van der Waals surface area contributed by atoms with Crippen LogP contribution in [0.25, 0.3) is 11.1 Å². The van der Waals surface area contributed by atoms with Crippen molar-refractivity contribution in [3.63, 3.8) is 0 Å². The fourth-order valence-electron chi connectivity index (χ4n) is 1.46. The smallest absolute Gasteiger partial charge is 0.135 e. The molecule has 0 heterocycles. The second kappa shape index (κ2) is 4.82. The number of halogens is 5. The van der Waals surface area contributed by atoms with Crippen LogP contribution in [0.15, 0.2) is 33.2 Å². The third-order valence-corrected chi connectivity index (χ3v) is 3.24. The van der Waals surface area contributed by atoms with Gasteiger partial charge in [0.05, 0.1) is 5.56 Å². The summed E-state index contributed by atoms with van der Waals surface area (Å²) in [7, 11) is 0. The Kier molecular flexibility index (Phi) is 3.58. The van der Waals surface area contributed by atoms with Crippen molar-refractivity contribution in [1.29, 1.82) is 0 Å². The van der Waals surface area contributed by atoms with Crippen LogP contribution in [-0.4, -0.2) is 0 Å². The van der Waals surface area contributed by atoms with Gasteiger partial charge in [0.1, 0.15) is 17.5 Å². The molecule has 2 aromatic rings. The zero-order chi connectivity index (χ0) is 12.6. The molecule has 0 nitrogen and oxygen atoms in total. The van der Waals surface area contributed by atoms with Crippen molar-refractivity contribution in [2.45, 2.75) is 0 Å². The van der Waals surface area contributed by atoms with Crippen molar-refractivity contribution in [2.24, 2.45) is 0 Å². The van der Waals surface area contributed by atoms with Gasteiger partial charge in [-0.3, -0.25) is 0 Å². The van der Waals surface area contributed by atoms with Gasteiger partial charge in [0.2, 0.25) is 0 Å². The lowest BCUT2D eigenvalue weighted by Gasteiger charge is -2.09. The molecule has 2 aromatic carbocycles. The van der Waals surface area contributed by atoms with Gasteiger partial charge in [-0.15, -0.1) is 0 Å². The number of hydrogen-bond donors (Lipinski definition) is 0. The summed E-state index contributed by atoms with van der Waals surface area (Å²) in [5.74, 6) is -2.39. The summed E-state index contributed by atoms with van der Waals surface area (Å²) in [5.41, 5.74) is -0.579. The van der Waals surface area contributed by atoms with E-state index < -0.39 is 23.0 Å². The maximum atomic E-state index is 13.7. The van der Waals surface area contributed by atoms with Crippen LogP contribution in [0.4, 0.5) is 13.2 Å². The molecule has 0 saturated heterocycles. The molecule has 0 spiro atoms. The third-order valence-electron chi connectivity index (χ3n) is 2.15. The molecule has 0 unspecified atom stereocenters. The molecular weight excluding hydrogens is 361 g/mol. The fourth-order valence-corrected chi connectivity index (χ4v) is 2.38. The highest BCUT2D eigenvalue weighted by molar-refractivity contribution is 9.10. The van der Waals surface area contributed by atoms with Gasteiger partial charge in [0.15, 0.2) is 0 Å². The summed E-state index contributed by atoms with van der Waals surface area (Å²) < 4.78 is 41.4. The molecule has 17 heavy (non-hydrogen) atoms. The predicted octanol–water partition coefficient (Wildman–Crippen LogP) is 5.10. The van der Waals surface area contributed by atoms with Crippen LogP contribution >= 0.6 is 31.9 Å². The monoisotopic (exact) mass is 363 g/mol. The highest BCUT2D eigenvalue weighted by atomic mass is 79.9. The summed E-state index contributed by atoms with van der Waals surface area (Å²) >= 11 is 5.99. The Morgan fingerprint density at radius 1 is 0.882 bits per heavy atom. The molecule has 0 saturated carbocycles. The van der Waals surface area contributed by atoms with Gasteiger partial charge in [-0.2, -0.15) is 0 Å². The predicted molar refractivity (Wildman–Crippen MR) is 66.0 cm³/mol. The van der Waals surface area contributed by atoms with E-state index in [4.69, 9.17) is 0 Å². The first-order valence-corrected chi connectivity index (χ1v) is 6.10. The van der Waals surface area contributed by atoms with E-state index in [0.29, 0.717) is 0 Å². The van der Waals surface area contributed by atoms with E-state index in [1.54, 1.807) is 0 Å². The molecule has 87 valence electrons. The largest absolute Gasteiger partial charge is 0.206 e. The molecule has 0 aliphatic rings. The molecule has 5 heteroatoms. The van der Waals surface area contributed by atoms with Gasteiger partial charge in [-0.1, -0.05) is 22.0 Å². The Morgan fingerprint density at radius 3 is 2.00 bits per heavy atom. The van der Waals surface area contributed by atoms with Crippen molar-refractivity contribution in [1.82, 2.24) is 0 Å². The molecule has 0 bridgehead atoms. The van der Waals surface area contributed by atoms with Gasteiger partial charge in [0.25, 0.3) is 0 Å². The zero-order valence-corrected chi connectivity index (χ0v) is 11.4. The number of hydrogen-bond acceptors (Lipinski definition) is 0. The van der Waals surface area contributed by atoms with Crippen LogP contribution < -0.4 is 0 Å². The van der Waals surface area contributed by atoms with Crippen LogP contribution in [-0.2, 0) is 0 Å². The Bertz CT molecular complexity index is 539. The quantitative estimate of drug-likeness (QED) is 0.660. The molecule has 1 radical (unpaired) electrons. The van der Waals surface area contributed by atoms with E-state index in [2.05, 4.69) is 37.9 Å². The van der Waals surface area contributed by atoms with Gasteiger partial charge in [-0.25, -0.2) is 13.2 Å². The van der Waals surface area contributed by atoms with Gasteiger partial charge < -0.3 is 0 Å². The van der Waals surface area contributed by atoms with E-state index in [1.165, 1.54) is 6.07 Å². The van der Waals surface area contributed by atoms with Gasteiger partial charge in [-0.05, 0) is 40.2 Å². The summed E-state index contributed by atoms with van der Waals surface area (Å²) in [4.78, 5) is 0. The molecule has 2 rings (SSSR count). The second-order valence-electron chi connectivity index (χ2n) is 3.26. The minimum Gasteiger partial charge on any atom is -0.206 e. The average molecular weight is 365 g/mol. The first-order valence-electron chi connectivity index (χ1n) is 4.51. The second-order valence-corrected chi connectivity index (χ2v) is 4.97. The van der Waals surface area contributed by atoms with Gasteiger partial charge in [0, 0.05) is 14.5 Å². The summed E-state index contributed by atoms with van der Waals surface area (Å²) in [5, 5.41) is 0. The minimum atomic E-state index is -0.837. The lowest BCUT2D eigenvalue weighted by Crippen LogP contribution is -1.94. The van der Waals surface area contributed by atoms with E-state index in [-0.39, 0.29) is 14.5 Å². The molecule has 0 atom stereocenters. The zero-order valence-electron chi connectivity index (χ0n) is 8.20. The fraction of sp³-hybridized carbons (Fsp3) is 0. The normalized spacial score (nSPS) is 10.6. The molecule has 0 amide bonds. The van der Waals surface area contributed by atoms with Crippen molar-refractivity contribution < 1.29 is 13.2 Å². The van der Waals surface area contributed by atoms with Crippen molar-refractivity contribution in [2.75, 3.05) is 0 Å². The van der Waals surface area contributed by atoms with Crippen molar-refractivity contribution in [3.8, 4) is 11.1 Å². The maximum absolute atomic E-state index is 13.7. The highest BCUT2D eigenvalue weighted by Crippen LogP contribution is 2.35. The van der Waals surface area contributed by atoms with Crippen LogP contribution in [0.1, 0.15) is 0 Å². The number of rotatable bonds is 1. The van der Waals surface area contributed by atoms with Crippen LogP contribution in [0.5, 0.6) is 0 Å². The topological polar surface area (TPSA) is 0 Å².